The third-order valence-corrected chi connectivity index (χ3v) is 5.61. The first-order chi connectivity index (χ1) is 13.5. The van der Waals surface area contributed by atoms with Gasteiger partial charge in [-0.05, 0) is 37.0 Å². The Bertz CT molecular complexity index is 1090. The van der Waals surface area contributed by atoms with Gasteiger partial charge >= 0.3 is 6.03 Å². The molecule has 144 valence electrons. The lowest BCUT2D eigenvalue weighted by Gasteiger charge is -2.19. The van der Waals surface area contributed by atoms with E-state index in [1.165, 1.54) is 25.2 Å². The minimum atomic E-state index is -0.401. The zero-order valence-corrected chi connectivity index (χ0v) is 15.6. The Morgan fingerprint density at radius 3 is 2.79 bits per heavy atom. The summed E-state index contributed by atoms with van der Waals surface area (Å²) in [6, 6.07) is 4.87. The maximum Gasteiger partial charge on any atom is 0.324 e. The predicted molar refractivity (Wildman–Crippen MR) is 105 cm³/mol. The van der Waals surface area contributed by atoms with Crippen molar-refractivity contribution in [2.24, 2.45) is 13.0 Å². The highest BCUT2D eigenvalue weighted by molar-refractivity contribution is 6.01. The molecule has 0 radical (unpaired) electrons. The highest BCUT2D eigenvalue weighted by Crippen LogP contribution is 2.36. The van der Waals surface area contributed by atoms with Crippen LogP contribution in [0.2, 0.25) is 0 Å². The zero-order chi connectivity index (χ0) is 19.4. The fourth-order valence-corrected chi connectivity index (χ4v) is 3.93. The first-order valence-electron chi connectivity index (χ1n) is 9.45. The second-order valence-electron chi connectivity index (χ2n) is 7.60. The van der Waals surface area contributed by atoms with Crippen molar-refractivity contribution in [3.8, 4) is 11.1 Å². The molecule has 1 aromatic carbocycles. The Hall–Kier alpha value is -3.16. The van der Waals surface area contributed by atoms with Gasteiger partial charge in [0, 0.05) is 49.7 Å². The summed E-state index contributed by atoms with van der Waals surface area (Å²) < 4.78 is 16.9. The molecule has 0 bridgehead atoms. The van der Waals surface area contributed by atoms with Gasteiger partial charge in [-0.2, -0.15) is 0 Å². The van der Waals surface area contributed by atoms with Crippen molar-refractivity contribution >= 4 is 28.6 Å². The summed E-state index contributed by atoms with van der Waals surface area (Å²) in [6.07, 6.45) is 5.59. The van der Waals surface area contributed by atoms with E-state index in [2.05, 4.69) is 9.97 Å². The third-order valence-electron chi connectivity index (χ3n) is 5.61. The predicted octanol–water partition coefficient (Wildman–Crippen LogP) is 3.01. The molecule has 1 saturated carbocycles. The van der Waals surface area contributed by atoms with E-state index in [4.69, 9.17) is 5.73 Å². The van der Waals surface area contributed by atoms with Crippen molar-refractivity contribution in [3.05, 3.63) is 36.5 Å². The van der Waals surface area contributed by atoms with Gasteiger partial charge in [-0.1, -0.05) is 0 Å². The van der Waals surface area contributed by atoms with E-state index in [0.717, 1.165) is 6.54 Å². The van der Waals surface area contributed by atoms with Gasteiger partial charge in [0.25, 0.3) is 0 Å². The van der Waals surface area contributed by atoms with Crippen molar-refractivity contribution < 1.29 is 9.18 Å². The van der Waals surface area contributed by atoms with E-state index in [1.54, 1.807) is 27.8 Å². The second kappa shape index (κ2) is 6.19. The number of hydrogen-bond acceptors (Lipinski definition) is 4. The minimum Gasteiger partial charge on any atom is -0.383 e. The number of nitrogen functional groups attached to an aromatic ring is 1. The van der Waals surface area contributed by atoms with Crippen LogP contribution in [0.25, 0.3) is 22.2 Å². The molecule has 2 amide bonds. The minimum absolute atomic E-state index is 0.0399. The van der Waals surface area contributed by atoms with E-state index in [1.807, 2.05) is 11.9 Å². The van der Waals surface area contributed by atoms with Crippen LogP contribution in [0.3, 0.4) is 0 Å². The number of benzene rings is 1. The molecule has 2 aromatic heterocycles. The standard InChI is InChI=1S/C20H21FN6O/c1-25-10-15(17-18(22)23-11-24-19(17)25)14-5-4-13(8-16(14)21)27-7-6-26(20(27)28)9-12-2-3-12/h4-5,8,10-12H,2-3,6-7,9H2,1H3,(H2,22,23,24). The summed E-state index contributed by atoms with van der Waals surface area (Å²) in [4.78, 5) is 24.4. The fraction of sp³-hybridized carbons (Fsp3) is 0.350. The van der Waals surface area contributed by atoms with E-state index < -0.39 is 5.82 Å². The number of urea groups is 1. The number of anilines is 2. The van der Waals surface area contributed by atoms with Crippen molar-refractivity contribution in [1.29, 1.82) is 0 Å². The number of carbonyl (C=O) groups is 1. The molecule has 1 aliphatic heterocycles. The number of carbonyl (C=O) groups excluding carboxylic acids is 1. The quantitative estimate of drug-likeness (QED) is 0.755. The highest BCUT2D eigenvalue weighted by Gasteiger charge is 2.34. The topological polar surface area (TPSA) is 80.3 Å². The highest BCUT2D eigenvalue weighted by atomic mass is 19.1. The molecule has 1 saturated heterocycles. The number of nitrogens with zero attached hydrogens (tertiary/aromatic N) is 5. The molecule has 5 rings (SSSR count). The molecule has 0 atom stereocenters. The average molecular weight is 380 g/mol. The first-order valence-corrected chi connectivity index (χ1v) is 9.45. The number of fused-ring (bicyclic) bond motifs is 1. The molecule has 1 aliphatic carbocycles. The summed E-state index contributed by atoms with van der Waals surface area (Å²) in [5.41, 5.74) is 8.30. The maximum atomic E-state index is 15.1. The monoisotopic (exact) mass is 380 g/mol. The first kappa shape index (κ1) is 17.0. The van der Waals surface area contributed by atoms with Gasteiger partial charge in [0.2, 0.25) is 0 Å². The van der Waals surface area contributed by atoms with Gasteiger partial charge in [0.15, 0.2) is 0 Å². The van der Waals surface area contributed by atoms with E-state index in [0.29, 0.717) is 52.7 Å². The van der Waals surface area contributed by atoms with Crippen LogP contribution in [0.1, 0.15) is 12.8 Å². The second-order valence-corrected chi connectivity index (χ2v) is 7.60. The zero-order valence-electron chi connectivity index (χ0n) is 15.6. The normalized spacial score (nSPS) is 17.1. The van der Waals surface area contributed by atoms with Gasteiger partial charge in [-0.3, -0.25) is 4.90 Å². The number of rotatable bonds is 4. The molecule has 2 N–H and O–H groups in total. The Morgan fingerprint density at radius 1 is 1.21 bits per heavy atom. The van der Waals surface area contributed by atoms with E-state index in [-0.39, 0.29) is 6.03 Å². The number of aromatic nitrogens is 3. The molecule has 3 heterocycles. The number of nitrogens with two attached hydrogens (primary N) is 1. The SMILES string of the molecule is Cn1cc(-c2ccc(N3CCN(CC4CC4)C3=O)cc2F)c2c(N)ncnc21. The van der Waals surface area contributed by atoms with E-state index >= 15 is 4.39 Å². The van der Waals surface area contributed by atoms with Crippen LogP contribution in [0.4, 0.5) is 20.7 Å². The third kappa shape index (κ3) is 2.67. The lowest BCUT2D eigenvalue weighted by molar-refractivity contribution is 0.218. The van der Waals surface area contributed by atoms with Crippen molar-refractivity contribution in [2.75, 3.05) is 30.3 Å². The molecular weight excluding hydrogens is 359 g/mol. The fourth-order valence-electron chi connectivity index (χ4n) is 3.93. The molecule has 0 spiro atoms. The number of hydrogen-bond donors (Lipinski definition) is 1. The summed E-state index contributed by atoms with van der Waals surface area (Å²) in [7, 11) is 1.84. The van der Waals surface area contributed by atoms with Crippen molar-refractivity contribution in [2.45, 2.75) is 12.8 Å². The Morgan fingerprint density at radius 2 is 2.04 bits per heavy atom. The lowest BCUT2D eigenvalue weighted by Crippen LogP contribution is -2.33. The largest absolute Gasteiger partial charge is 0.383 e. The lowest BCUT2D eigenvalue weighted by atomic mass is 10.0. The van der Waals surface area contributed by atoms with Gasteiger partial charge < -0.3 is 15.2 Å². The summed E-state index contributed by atoms with van der Waals surface area (Å²) >= 11 is 0. The summed E-state index contributed by atoms with van der Waals surface area (Å²) in [6.45, 7) is 2.08. The number of amides is 2. The number of aryl methyl sites for hydroxylation is 1. The summed E-state index contributed by atoms with van der Waals surface area (Å²) in [5.74, 6) is 0.554. The van der Waals surface area contributed by atoms with E-state index in [9.17, 15) is 4.79 Å². The Labute approximate surface area is 161 Å². The molecule has 0 unspecified atom stereocenters. The summed E-state index contributed by atoms with van der Waals surface area (Å²) in [5, 5.41) is 0.629. The molecule has 2 fully saturated rings. The molecular formula is C20H21FN6O. The molecule has 28 heavy (non-hydrogen) atoms. The van der Waals surface area contributed by atoms with Crippen LogP contribution in [0, 0.1) is 11.7 Å². The molecule has 3 aromatic rings. The van der Waals surface area contributed by atoms with Crippen LogP contribution < -0.4 is 10.6 Å². The van der Waals surface area contributed by atoms with Crippen LogP contribution in [-0.4, -0.2) is 45.1 Å². The van der Waals surface area contributed by atoms with Crippen molar-refractivity contribution in [1.82, 2.24) is 19.4 Å². The van der Waals surface area contributed by atoms with Gasteiger partial charge in [-0.25, -0.2) is 19.2 Å². The van der Waals surface area contributed by atoms with Gasteiger partial charge in [0.05, 0.1) is 5.39 Å². The van der Waals surface area contributed by atoms with Crippen LogP contribution >= 0.6 is 0 Å². The van der Waals surface area contributed by atoms with Gasteiger partial charge in [-0.15, -0.1) is 0 Å². The molecule has 7 nitrogen and oxygen atoms in total. The molecule has 2 aliphatic rings. The molecule has 8 heteroatoms. The smallest absolute Gasteiger partial charge is 0.324 e. The van der Waals surface area contributed by atoms with Crippen LogP contribution in [-0.2, 0) is 7.05 Å². The Kier molecular flexibility index (Phi) is 3.75. The van der Waals surface area contributed by atoms with Crippen LogP contribution in [0.5, 0.6) is 0 Å². The number of halogens is 1. The van der Waals surface area contributed by atoms with Crippen molar-refractivity contribution in [3.63, 3.8) is 0 Å². The van der Waals surface area contributed by atoms with Crippen LogP contribution in [0.15, 0.2) is 30.7 Å². The Balaban J connectivity index is 1.49. The average Bonchev–Trinajstić information content (AvgIpc) is 3.33. The van der Waals surface area contributed by atoms with Gasteiger partial charge in [0.1, 0.15) is 23.6 Å². The maximum absolute atomic E-state index is 15.1.